The van der Waals surface area contributed by atoms with Crippen LogP contribution in [0.15, 0.2) is 29.3 Å². The smallest absolute Gasteiger partial charge is 0.175 e. The van der Waals surface area contributed by atoms with E-state index in [4.69, 9.17) is 9.47 Å². The summed E-state index contributed by atoms with van der Waals surface area (Å²) in [5, 5.41) is 0. The number of allylic oxidation sites excluding steroid dienone is 1. The Balaban J connectivity index is 2.62. The number of aldehydes is 1. The molecule has 0 saturated heterocycles. The van der Waals surface area contributed by atoms with Crippen molar-refractivity contribution in [1.29, 1.82) is 0 Å². The van der Waals surface area contributed by atoms with Crippen molar-refractivity contribution in [2.24, 2.45) is 0 Å². The number of ether oxygens (including phenoxy) is 2. The maximum Gasteiger partial charge on any atom is 0.175 e. The van der Waals surface area contributed by atoms with Crippen LogP contribution in [0.4, 0.5) is 0 Å². The molecule has 0 aliphatic rings. The third-order valence-electron chi connectivity index (χ3n) is 2.77. The number of unbranched alkanes of at least 4 members (excludes halogenated alkanes) is 3. The third kappa shape index (κ3) is 5.37. The van der Waals surface area contributed by atoms with E-state index >= 15 is 0 Å². The first-order valence-electron chi connectivity index (χ1n) is 6.88. The average molecular weight is 341 g/mol. The second kappa shape index (κ2) is 9.59. The Morgan fingerprint density at radius 1 is 1.25 bits per heavy atom. The lowest BCUT2D eigenvalue weighted by Crippen LogP contribution is -2.02. The third-order valence-corrected chi connectivity index (χ3v) is 3.36. The van der Waals surface area contributed by atoms with Crippen molar-refractivity contribution in [1.82, 2.24) is 0 Å². The summed E-state index contributed by atoms with van der Waals surface area (Å²) in [4.78, 5) is 10.9. The van der Waals surface area contributed by atoms with Crippen LogP contribution in [-0.2, 0) is 0 Å². The molecular weight excluding hydrogens is 320 g/mol. The van der Waals surface area contributed by atoms with E-state index < -0.39 is 0 Å². The summed E-state index contributed by atoms with van der Waals surface area (Å²) in [6.07, 6.45) is 7.01. The van der Waals surface area contributed by atoms with E-state index in [9.17, 15) is 4.79 Å². The lowest BCUT2D eigenvalue weighted by Gasteiger charge is -2.14. The number of hydrogen-bond acceptors (Lipinski definition) is 3. The molecule has 0 aliphatic carbocycles. The zero-order valence-electron chi connectivity index (χ0n) is 11.9. The van der Waals surface area contributed by atoms with Gasteiger partial charge in [0.2, 0.25) is 0 Å². The summed E-state index contributed by atoms with van der Waals surface area (Å²) in [6.45, 7) is 6.77. The molecule has 0 aliphatic heterocycles. The van der Waals surface area contributed by atoms with Gasteiger partial charge in [0.15, 0.2) is 11.5 Å². The molecule has 0 amide bonds. The molecule has 0 bridgehead atoms. The van der Waals surface area contributed by atoms with Crippen molar-refractivity contribution in [2.75, 3.05) is 13.2 Å². The van der Waals surface area contributed by atoms with Gasteiger partial charge in [0.1, 0.15) is 6.29 Å². The van der Waals surface area contributed by atoms with Crippen LogP contribution in [0.25, 0.3) is 0 Å². The number of halogens is 1. The quantitative estimate of drug-likeness (QED) is 0.349. The van der Waals surface area contributed by atoms with Crippen molar-refractivity contribution in [2.45, 2.75) is 32.6 Å². The Morgan fingerprint density at radius 3 is 2.70 bits per heavy atom. The van der Waals surface area contributed by atoms with Crippen LogP contribution in [0.5, 0.6) is 11.5 Å². The molecule has 0 atom stereocenters. The molecule has 0 saturated carbocycles. The molecule has 1 aromatic rings. The minimum absolute atomic E-state index is 0.532. The Kier molecular flexibility index (Phi) is 8.04. The van der Waals surface area contributed by atoms with Crippen LogP contribution < -0.4 is 9.47 Å². The van der Waals surface area contributed by atoms with Gasteiger partial charge in [0, 0.05) is 5.56 Å². The summed E-state index contributed by atoms with van der Waals surface area (Å²) in [7, 11) is 0. The Hall–Kier alpha value is -1.29. The molecular formula is C16H21BrO3. The monoisotopic (exact) mass is 340 g/mol. The predicted octanol–water partition coefficient (Wildman–Crippen LogP) is 4.79. The number of carbonyl (C=O) groups is 1. The topological polar surface area (TPSA) is 35.5 Å². The van der Waals surface area contributed by atoms with Crippen molar-refractivity contribution >= 4 is 22.2 Å². The Labute approximate surface area is 129 Å². The molecule has 3 nitrogen and oxygen atoms in total. The lowest BCUT2D eigenvalue weighted by molar-refractivity contribution is 0.112. The normalized spacial score (nSPS) is 10.1. The zero-order chi connectivity index (χ0) is 14.8. The molecule has 1 aromatic carbocycles. The van der Waals surface area contributed by atoms with Crippen molar-refractivity contribution in [3.05, 3.63) is 34.8 Å². The Morgan fingerprint density at radius 2 is 2.05 bits per heavy atom. The molecule has 0 spiro atoms. The van der Waals surface area contributed by atoms with Crippen LogP contribution in [0.1, 0.15) is 43.0 Å². The maximum atomic E-state index is 10.9. The SMILES string of the molecule is C=CCCCCCOc1c(Br)cc(C=O)cc1OCC. The predicted molar refractivity (Wildman–Crippen MR) is 84.9 cm³/mol. The molecule has 0 heterocycles. The molecule has 0 unspecified atom stereocenters. The highest BCUT2D eigenvalue weighted by molar-refractivity contribution is 9.10. The van der Waals surface area contributed by atoms with E-state index in [0.29, 0.717) is 30.3 Å². The molecule has 0 N–H and O–H groups in total. The standard InChI is InChI=1S/C16H21BrO3/c1-3-5-6-7-8-9-20-16-14(17)10-13(12-18)11-15(16)19-4-2/h3,10-12H,1,4-9H2,2H3. The second-order valence-electron chi connectivity index (χ2n) is 4.37. The molecule has 4 heteroatoms. The van der Waals surface area contributed by atoms with Crippen LogP contribution >= 0.6 is 15.9 Å². The number of benzene rings is 1. The fraction of sp³-hybridized carbons (Fsp3) is 0.438. The van der Waals surface area contributed by atoms with Crippen LogP contribution in [0, 0.1) is 0 Å². The van der Waals surface area contributed by atoms with Gasteiger partial charge >= 0.3 is 0 Å². The summed E-state index contributed by atoms with van der Waals surface area (Å²) in [5.74, 6) is 1.27. The molecule has 110 valence electrons. The summed E-state index contributed by atoms with van der Waals surface area (Å²) >= 11 is 3.43. The van der Waals surface area contributed by atoms with E-state index in [-0.39, 0.29) is 0 Å². The summed E-state index contributed by atoms with van der Waals surface area (Å²) in [5.41, 5.74) is 0.568. The zero-order valence-corrected chi connectivity index (χ0v) is 13.4. The van der Waals surface area contributed by atoms with Gasteiger partial charge < -0.3 is 9.47 Å². The van der Waals surface area contributed by atoms with E-state index in [1.165, 1.54) is 0 Å². The Bertz CT molecular complexity index is 444. The minimum atomic E-state index is 0.532. The fourth-order valence-corrected chi connectivity index (χ4v) is 2.37. The van der Waals surface area contributed by atoms with Crippen LogP contribution in [0.3, 0.4) is 0 Å². The van der Waals surface area contributed by atoms with Gasteiger partial charge in [0.05, 0.1) is 17.7 Å². The van der Waals surface area contributed by atoms with Crippen molar-refractivity contribution in [3.63, 3.8) is 0 Å². The molecule has 0 radical (unpaired) electrons. The number of carbonyl (C=O) groups excluding carboxylic acids is 1. The average Bonchev–Trinajstić information content (AvgIpc) is 2.44. The van der Waals surface area contributed by atoms with E-state index in [2.05, 4.69) is 22.5 Å². The highest BCUT2D eigenvalue weighted by atomic mass is 79.9. The van der Waals surface area contributed by atoms with Gasteiger partial charge in [-0.05, 0) is 60.7 Å². The maximum absolute atomic E-state index is 10.9. The molecule has 0 aromatic heterocycles. The highest BCUT2D eigenvalue weighted by Crippen LogP contribution is 2.36. The van der Waals surface area contributed by atoms with Gasteiger partial charge in [-0.25, -0.2) is 0 Å². The first kappa shape index (κ1) is 16.8. The van der Waals surface area contributed by atoms with Gasteiger partial charge in [-0.1, -0.05) is 6.08 Å². The van der Waals surface area contributed by atoms with E-state index in [1.807, 2.05) is 13.0 Å². The van der Waals surface area contributed by atoms with E-state index in [1.54, 1.807) is 12.1 Å². The first-order chi connectivity index (χ1) is 9.72. The van der Waals surface area contributed by atoms with Crippen molar-refractivity contribution in [3.8, 4) is 11.5 Å². The second-order valence-corrected chi connectivity index (χ2v) is 5.22. The van der Waals surface area contributed by atoms with Crippen molar-refractivity contribution < 1.29 is 14.3 Å². The lowest BCUT2D eigenvalue weighted by atomic mass is 10.2. The van der Waals surface area contributed by atoms with Gasteiger partial charge in [-0.15, -0.1) is 6.58 Å². The summed E-state index contributed by atoms with van der Waals surface area (Å²) < 4.78 is 12.1. The molecule has 1 rings (SSSR count). The highest BCUT2D eigenvalue weighted by Gasteiger charge is 2.11. The van der Waals surface area contributed by atoms with Crippen LogP contribution in [-0.4, -0.2) is 19.5 Å². The largest absolute Gasteiger partial charge is 0.490 e. The van der Waals surface area contributed by atoms with Gasteiger partial charge in [0.25, 0.3) is 0 Å². The number of hydrogen-bond donors (Lipinski definition) is 0. The molecule has 20 heavy (non-hydrogen) atoms. The van der Waals surface area contributed by atoms with Crippen LogP contribution in [0.2, 0.25) is 0 Å². The fourth-order valence-electron chi connectivity index (χ4n) is 1.80. The minimum Gasteiger partial charge on any atom is -0.490 e. The molecule has 0 fully saturated rings. The van der Waals surface area contributed by atoms with Gasteiger partial charge in [-0.3, -0.25) is 4.79 Å². The first-order valence-corrected chi connectivity index (χ1v) is 7.67. The van der Waals surface area contributed by atoms with E-state index in [0.717, 1.165) is 36.4 Å². The summed E-state index contributed by atoms with van der Waals surface area (Å²) in [6, 6.07) is 3.44. The number of rotatable bonds is 10. The van der Waals surface area contributed by atoms with Gasteiger partial charge in [-0.2, -0.15) is 0 Å².